The van der Waals surface area contributed by atoms with Gasteiger partial charge in [0, 0.05) is 6.20 Å². The highest BCUT2D eigenvalue weighted by atomic mass is 16.5. The van der Waals surface area contributed by atoms with Gasteiger partial charge in [0.2, 0.25) is 0 Å². The lowest BCUT2D eigenvalue weighted by atomic mass is 10.2. The van der Waals surface area contributed by atoms with Crippen molar-refractivity contribution in [3.8, 4) is 5.75 Å². The highest BCUT2D eigenvalue weighted by Gasteiger charge is 2.46. The Hall–Kier alpha value is -1.25. The molecule has 3 nitrogen and oxygen atoms in total. The smallest absolute Gasteiger partial charge is 0.169 e. The zero-order valence-corrected chi connectivity index (χ0v) is 10.3. The van der Waals surface area contributed by atoms with E-state index < -0.39 is 0 Å². The van der Waals surface area contributed by atoms with E-state index in [0.717, 1.165) is 24.6 Å². The Morgan fingerprint density at radius 2 is 2.19 bits per heavy atom. The normalized spacial score (nSPS) is 18.7. The summed E-state index contributed by atoms with van der Waals surface area (Å²) in [4.78, 5) is 4.39. The second-order valence-corrected chi connectivity index (χ2v) is 4.24. The van der Waals surface area contributed by atoms with Crippen molar-refractivity contribution >= 4 is 5.82 Å². The molecule has 1 aromatic heterocycles. The fourth-order valence-electron chi connectivity index (χ4n) is 1.81. The summed E-state index contributed by atoms with van der Waals surface area (Å²) in [5.74, 6) is 1.84. The number of pyridine rings is 1. The molecule has 88 valence electrons. The zero-order chi connectivity index (χ0) is 11.6. The Labute approximate surface area is 97.2 Å². The van der Waals surface area contributed by atoms with Gasteiger partial charge in [-0.1, -0.05) is 20.8 Å². The molecule has 3 heteroatoms. The summed E-state index contributed by atoms with van der Waals surface area (Å²) >= 11 is 0. The average molecular weight is 220 g/mol. The van der Waals surface area contributed by atoms with Gasteiger partial charge in [-0.25, -0.2) is 4.98 Å². The Kier molecular flexibility index (Phi) is 3.03. The monoisotopic (exact) mass is 220 g/mol. The third-order valence-electron chi connectivity index (χ3n) is 3.06. The molecule has 2 aliphatic rings. The highest BCUT2D eigenvalue weighted by molar-refractivity contribution is 5.56. The van der Waals surface area contributed by atoms with E-state index in [9.17, 15) is 0 Å². The first-order valence-corrected chi connectivity index (χ1v) is 6.21. The van der Waals surface area contributed by atoms with Crippen LogP contribution >= 0.6 is 0 Å². The van der Waals surface area contributed by atoms with Gasteiger partial charge in [-0.3, -0.25) is 0 Å². The van der Waals surface area contributed by atoms with Crippen molar-refractivity contribution < 1.29 is 4.74 Å². The largest absolute Gasteiger partial charge is 0.487 e. The maximum absolute atomic E-state index is 5.72. The number of hydrogen-bond acceptors (Lipinski definition) is 3. The number of hydrogen-bond donors (Lipinski definition) is 1. The minimum Gasteiger partial charge on any atom is -0.487 e. The maximum Gasteiger partial charge on any atom is 0.169 e. The van der Waals surface area contributed by atoms with Gasteiger partial charge in [-0.05, 0) is 30.9 Å². The van der Waals surface area contributed by atoms with E-state index in [2.05, 4.69) is 23.3 Å². The third kappa shape index (κ3) is 1.99. The predicted octanol–water partition coefficient (Wildman–Crippen LogP) is 3.01. The number of anilines is 1. The number of aromatic nitrogens is 1. The van der Waals surface area contributed by atoms with Crippen LogP contribution in [0.25, 0.3) is 0 Å². The minimum atomic E-state index is 0.230. The first-order valence-electron chi connectivity index (χ1n) is 6.21. The second kappa shape index (κ2) is 4.32. The van der Waals surface area contributed by atoms with Gasteiger partial charge in [0.15, 0.2) is 11.6 Å². The first-order chi connectivity index (χ1) is 7.81. The molecule has 0 unspecified atom stereocenters. The molecule has 0 amide bonds. The van der Waals surface area contributed by atoms with Crippen LogP contribution in [0.15, 0.2) is 12.3 Å². The van der Waals surface area contributed by atoms with Gasteiger partial charge >= 0.3 is 0 Å². The Morgan fingerprint density at radius 1 is 1.44 bits per heavy atom. The molecule has 1 spiro atoms. The van der Waals surface area contributed by atoms with Crippen LogP contribution in [0.1, 0.15) is 39.2 Å². The third-order valence-corrected chi connectivity index (χ3v) is 3.06. The Balaban J connectivity index is 0.000000457. The van der Waals surface area contributed by atoms with Crippen molar-refractivity contribution in [3.05, 3.63) is 17.8 Å². The molecule has 3 rings (SSSR count). The molecule has 0 bridgehead atoms. The SMILES string of the molecule is CC.CCc1cnc2c(c1)OCC1(CC1)N2. The Bertz CT molecular complexity index is 372. The van der Waals surface area contributed by atoms with Gasteiger partial charge < -0.3 is 10.1 Å². The maximum atomic E-state index is 5.72. The summed E-state index contributed by atoms with van der Waals surface area (Å²) in [6.07, 6.45) is 5.36. The summed E-state index contributed by atoms with van der Waals surface area (Å²) < 4.78 is 5.72. The van der Waals surface area contributed by atoms with Crippen LogP contribution in [-0.4, -0.2) is 17.1 Å². The van der Waals surface area contributed by atoms with Crippen LogP contribution in [-0.2, 0) is 6.42 Å². The van der Waals surface area contributed by atoms with E-state index >= 15 is 0 Å². The minimum absolute atomic E-state index is 0.230. The average Bonchev–Trinajstić information content (AvgIpc) is 3.10. The molecule has 0 saturated heterocycles. The van der Waals surface area contributed by atoms with E-state index in [-0.39, 0.29) is 5.54 Å². The first kappa shape index (κ1) is 11.2. The summed E-state index contributed by atoms with van der Waals surface area (Å²) in [6.45, 7) is 6.93. The Morgan fingerprint density at radius 3 is 2.81 bits per heavy atom. The summed E-state index contributed by atoms with van der Waals surface area (Å²) in [7, 11) is 0. The van der Waals surface area contributed by atoms with Crippen LogP contribution in [0.3, 0.4) is 0 Å². The van der Waals surface area contributed by atoms with Gasteiger partial charge in [0.25, 0.3) is 0 Å². The van der Waals surface area contributed by atoms with E-state index in [4.69, 9.17) is 4.74 Å². The van der Waals surface area contributed by atoms with Crippen molar-refractivity contribution in [1.29, 1.82) is 0 Å². The van der Waals surface area contributed by atoms with Crippen molar-refractivity contribution in [2.45, 2.75) is 45.6 Å². The van der Waals surface area contributed by atoms with E-state index in [1.165, 1.54) is 18.4 Å². The number of ether oxygens (including phenoxy) is 1. The van der Waals surface area contributed by atoms with Gasteiger partial charge in [-0.2, -0.15) is 0 Å². The topological polar surface area (TPSA) is 34.1 Å². The van der Waals surface area contributed by atoms with Crippen LogP contribution in [0, 0.1) is 0 Å². The molecular formula is C13H20N2O. The second-order valence-electron chi connectivity index (χ2n) is 4.24. The molecule has 1 aliphatic carbocycles. The molecule has 1 aromatic rings. The summed E-state index contributed by atoms with van der Waals surface area (Å²) in [6, 6.07) is 2.09. The van der Waals surface area contributed by atoms with Gasteiger partial charge in [0.1, 0.15) is 6.61 Å². The fraction of sp³-hybridized carbons (Fsp3) is 0.615. The standard InChI is InChI=1S/C11H14N2O.C2H6/c1-2-8-5-9-10(12-6-8)13-11(3-4-11)7-14-9;1-2/h5-6H,2-4,7H2,1H3,(H,12,13);1-2H3. The number of aryl methyl sites for hydroxylation is 1. The van der Waals surface area contributed by atoms with Crippen molar-refractivity contribution in [2.75, 3.05) is 11.9 Å². The molecule has 2 heterocycles. The molecule has 0 atom stereocenters. The predicted molar refractivity (Wildman–Crippen MR) is 66.0 cm³/mol. The molecule has 16 heavy (non-hydrogen) atoms. The van der Waals surface area contributed by atoms with E-state index in [0.29, 0.717) is 0 Å². The quantitative estimate of drug-likeness (QED) is 0.790. The zero-order valence-electron chi connectivity index (χ0n) is 10.3. The summed E-state index contributed by atoms with van der Waals surface area (Å²) in [5.41, 5.74) is 1.46. The highest BCUT2D eigenvalue weighted by Crippen LogP contribution is 2.44. The van der Waals surface area contributed by atoms with E-state index in [1.54, 1.807) is 0 Å². The number of fused-ring (bicyclic) bond motifs is 1. The molecule has 1 fully saturated rings. The van der Waals surface area contributed by atoms with Crippen LogP contribution in [0.5, 0.6) is 5.75 Å². The summed E-state index contributed by atoms with van der Waals surface area (Å²) in [5, 5.41) is 3.46. The number of nitrogens with zero attached hydrogens (tertiary/aromatic N) is 1. The van der Waals surface area contributed by atoms with E-state index in [1.807, 2.05) is 20.0 Å². The molecule has 0 radical (unpaired) electrons. The number of nitrogens with one attached hydrogen (secondary N) is 1. The molecule has 1 aliphatic heterocycles. The van der Waals surface area contributed by atoms with Gasteiger partial charge in [0.05, 0.1) is 5.54 Å². The lowest BCUT2D eigenvalue weighted by molar-refractivity contribution is 0.273. The lowest BCUT2D eigenvalue weighted by Gasteiger charge is -2.26. The van der Waals surface area contributed by atoms with Crippen molar-refractivity contribution in [2.24, 2.45) is 0 Å². The van der Waals surface area contributed by atoms with Crippen molar-refractivity contribution in [1.82, 2.24) is 4.98 Å². The van der Waals surface area contributed by atoms with Crippen molar-refractivity contribution in [3.63, 3.8) is 0 Å². The lowest BCUT2D eigenvalue weighted by Crippen LogP contribution is -2.33. The fourth-order valence-corrected chi connectivity index (χ4v) is 1.81. The van der Waals surface area contributed by atoms with Crippen LogP contribution in [0.2, 0.25) is 0 Å². The molecular weight excluding hydrogens is 200 g/mol. The molecule has 1 N–H and O–H groups in total. The molecule has 0 aromatic carbocycles. The van der Waals surface area contributed by atoms with Crippen LogP contribution in [0.4, 0.5) is 5.82 Å². The van der Waals surface area contributed by atoms with Crippen LogP contribution < -0.4 is 10.1 Å². The van der Waals surface area contributed by atoms with Gasteiger partial charge in [-0.15, -0.1) is 0 Å². The molecule has 1 saturated carbocycles. The number of rotatable bonds is 1.